The molecule has 5 nitrogen and oxygen atoms in total. The van der Waals surface area contributed by atoms with E-state index in [1.54, 1.807) is 16.8 Å². The number of nitrogens with zero attached hydrogens (tertiary/aromatic N) is 4. The SMILES string of the molecule is Cc1noc(C)c1[C@@H]1CCCN1Cc1cnn(-c2ccccc2F)c1. The van der Waals surface area contributed by atoms with Gasteiger partial charge >= 0.3 is 0 Å². The first-order chi connectivity index (χ1) is 12.1. The fourth-order valence-corrected chi connectivity index (χ4v) is 3.75. The van der Waals surface area contributed by atoms with Crippen LogP contribution < -0.4 is 0 Å². The van der Waals surface area contributed by atoms with Crippen molar-refractivity contribution < 1.29 is 8.91 Å². The van der Waals surface area contributed by atoms with E-state index in [1.165, 1.54) is 11.6 Å². The average molecular weight is 340 g/mol. The van der Waals surface area contributed by atoms with Gasteiger partial charge in [-0.05, 0) is 45.4 Å². The van der Waals surface area contributed by atoms with Crippen LogP contribution in [0.15, 0.2) is 41.2 Å². The van der Waals surface area contributed by atoms with Gasteiger partial charge in [0.05, 0.1) is 11.9 Å². The average Bonchev–Trinajstić information content (AvgIpc) is 3.30. The van der Waals surface area contributed by atoms with Gasteiger partial charge in [0.2, 0.25) is 0 Å². The van der Waals surface area contributed by atoms with Crippen molar-refractivity contribution in [2.24, 2.45) is 0 Å². The lowest BCUT2D eigenvalue weighted by atomic mass is 10.0. The first-order valence-corrected chi connectivity index (χ1v) is 8.59. The van der Waals surface area contributed by atoms with Gasteiger partial charge in [-0.2, -0.15) is 5.10 Å². The van der Waals surface area contributed by atoms with E-state index in [4.69, 9.17) is 4.52 Å². The zero-order chi connectivity index (χ0) is 17.4. The first-order valence-electron chi connectivity index (χ1n) is 8.59. The number of aryl methyl sites for hydroxylation is 2. The molecule has 130 valence electrons. The van der Waals surface area contributed by atoms with Crippen molar-refractivity contribution in [1.82, 2.24) is 19.8 Å². The zero-order valence-corrected chi connectivity index (χ0v) is 14.4. The van der Waals surface area contributed by atoms with Gasteiger partial charge in [0.15, 0.2) is 0 Å². The molecule has 6 heteroatoms. The molecule has 4 rings (SSSR count). The van der Waals surface area contributed by atoms with E-state index in [0.717, 1.165) is 42.9 Å². The van der Waals surface area contributed by atoms with Crippen molar-refractivity contribution in [1.29, 1.82) is 0 Å². The fourth-order valence-electron chi connectivity index (χ4n) is 3.75. The maximum absolute atomic E-state index is 13.9. The summed E-state index contributed by atoms with van der Waals surface area (Å²) in [5.74, 6) is 0.628. The van der Waals surface area contributed by atoms with Crippen LogP contribution >= 0.6 is 0 Å². The van der Waals surface area contributed by atoms with E-state index in [-0.39, 0.29) is 5.82 Å². The maximum Gasteiger partial charge on any atom is 0.148 e. The number of aromatic nitrogens is 3. The van der Waals surface area contributed by atoms with Crippen molar-refractivity contribution in [3.8, 4) is 5.69 Å². The summed E-state index contributed by atoms with van der Waals surface area (Å²) in [6.45, 7) is 5.78. The van der Waals surface area contributed by atoms with Gasteiger partial charge < -0.3 is 4.52 Å². The Bertz CT molecular complexity index is 866. The lowest BCUT2D eigenvalue weighted by Gasteiger charge is -2.23. The van der Waals surface area contributed by atoms with Gasteiger partial charge in [-0.3, -0.25) is 4.90 Å². The molecule has 1 saturated heterocycles. The molecule has 1 atom stereocenters. The monoisotopic (exact) mass is 340 g/mol. The minimum absolute atomic E-state index is 0.271. The Kier molecular flexibility index (Phi) is 4.13. The van der Waals surface area contributed by atoms with E-state index < -0.39 is 0 Å². The Balaban J connectivity index is 1.55. The summed E-state index contributed by atoms with van der Waals surface area (Å²) in [5.41, 5.74) is 3.72. The van der Waals surface area contributed by atoms with Crippen LogP contribution in [-0.4, -0.2) is 26.4 Å². The first kappa shape index (κ1) is 16.0. The van der Waals surface area contributed by atoms with Crippen LogP contribution in [0, 0.1) is 19.7 Å². The van der Waals surface area contributed by atoms with Crippen molar-refractivity contribution in [3.05, 3.63) is 65.1 Å². The number of benzene rings is 1. The highest BCUT2D eigenvalue weighted by molar-refractivity contribution is 5.33. The second kappa shape index (κ2) is 6.44. The van der Waals surface area contributed by atoms with E-state index in [1.807, 2.05) is 32.3 Å². The zero-order valence-electron chi connectivity index (χ0n) is 14.4. The Hall–Kier alpha value is -2.47. The van der Waals surface area contributed by atoms with Gasteiger partial charge in [-0.1, -0.05) is 17.3 Å². The summed E-state index contributed by atoms with van der Waals surface area (Å²) in [5, 5.41) is 8.43. The Morgan fingerprint density at radius 1 is 1.28 bits per heavy atom. The van der Waals surface area contributed by atoms with E-state index in [0.29, 0.717) is 11.7 Å². The molecule has 1 aromatic carbocycles. The van der Waals surface area contributed by atoms with Crippen molar-refractivity contribution in [2.45, 2.75) is 39.3 Å². The molecule has 0 radical (unpaired) electrons. The highest BCUT2D eigenvalue weighted by Crippen LogP contribution is 2.36. The molecule has 0 unspecified atom stereocenters. The molecule has 1 fully saturated rings. The highest BCUT2D eigenvalue weighted by Gasteiger charge is 2.30. The molecule has 3 heterocycles. The fraction of sp³-hybridized carbons (Fsp3) is 0.368. The van der Waals surface area contributed by atoms with Crippen LogP contribution in [-0.2, 0) is 6.54 Å². The molecule has 1 aliphatic heterocycles. The number of para-hydroxylation sites is 1. The Labute approximate surface area is 146 Å². The second-order valence-corrected chi connectivity index (χ2v) is 6.61. The molecular weight excluding hydrogens is 319 g/mol. The molecule has 0 saturated carbocycles. The second-order valence-electron chi connectivity index (χ2n) is 6.61. The Morgan fingerprint density at radius 2 is 2.12 bits per heavy atom. The van der Waals surface area contributed by atoms with Gasteiger partial charge in [0.25, 0.3) is 0 Å². The summed E-state index contributed by atoms with van der Waals surface area (Å²) in [7, 11) is 0. The maximum atomic E-state index is 13.9. The van der Waals surface area contributed by atoms with Crippen LogP contribution in [0.1, 0.15) is 41.5 Å². The number of hydrogen-bond acceptors (Lipinski definition) is 4. The lowest BCUT2D eigenvalue weighted by molar-refractivity contribution is 0.245. The topological polar surface area (TPSA) is 47.1 Å². The summed E-state index contributed by atoms with van der Waals surface area (Å²) in [4.78, 5) is 2.43. The van der Waals surface area contributed by atoms with Crippen LogP contribution in [0.4, 0.5) is 4.39 Å². The summed E-state index contributed by atoms with van der Waals surface area (Å²) in [6.07, 6.45) is 5.97. The third-order valence-electron chi connectivity index (χ3n) is 4.91. The molecule has 2 aromatic heterocycles. The van der Waals surface area contributed by atoms with E-state index in [2.05, 4.69) is 15.2 Å². The van der Waals surface area contributed by atoms with E-state index in [9.17, 15) is 4.39 Å². The number of rotatable bonds is 4. The highest BCUT2D eigenvalue weighted by atomic mass is 19.1. The minimum Gasteiger partial charge on any atom is -0.361 e. The minimum atomic E-state index is -0.271. The van der Waals surface area contributed by atoms with Crippen molar-refractivity contribution in [3.63, 3.8) is 0 Å². The molecule has 3 aromatic rings. The van der Waals surface area contributed by atoms with Crippen LogP contribution in [0.5, 0.6) is 0 Å². The standard InChI is InChI=1S/C19H21FN4O/c1-13-19(14(2)25-22-13)18-8-5-9-23(18)11-15-10-21-24(12-15)17-7-4-3-6-16(17)20/h3-4,6-7,10,12,18H,5,8-9,11H2,1-2H3/t18-/m0/s1. The van der Waals surface area contributed by atoms with Gasteiger partial charge in [-0.25, -0.2) is 9.07 Å². The molecule has 1 aliphatic rings. The van der Waals surface area contributed by atoms with Gasteiger partial charge in [-0.15, -0.1) is 0 Å². The lowest BCUT2D eigenvalue weighted by Crippen LogP contribution is -2.23. The molecular formula is C19H21FN4O. The van der Waals surface area contributed by atoms with Crippen molar-refractivity contribution in [2.75, 3.05) is 6.54 Å². The third-order valence-corrected chi connectivity index (χ3v) is 4.91. The van der Waals surface area contributed by atoms with Crippen molar-refractivity contribution >= 4 is 0 Å². The summed E-state index contributed by atoms with van der Waals surface area (Å²) < 4.78 is 20.9. The third kappa shape index (κ3) is 2.98. The van der Waals surface area contributed by atoms with Crippen LogP contribution in [0.2, 0.25) is 0 Å². The van der Waals surface area contributed by atoms with Crippen LogP contribution in [0.25, 0.3) is 5.69 Å². The smallest absolute Gasteiger partial charge is 0.148 e. The summed E-state index contributed by atoms with van der Waals surface area (Å²) >= 11 is 0. The molecule has 0 bridgehead atoms. The molecule has 0 amide bonds. The quantitative estimate of drug-likeness (QED) is 0.721. The predicted octanol–water partition coefficient (Wildman–Crippen LogP) is 3.95. The summed E-state index contributed by atoms with van der Waals surface area (Å²) in [6, 6.07) is 7.00. The van der Waals surface area contributed by atoms with Gasteiger partial charge in [0, 0.05) is 29.9 Å². The Morgan fingerprint density at radius 3 is 2.88 bits per heavy atom. The number of hydrogen-bond donors (Lipinski definition) is 0. The largest absolute Gasteiger partial charge is 0.361 e. The van der Waals surface area contributed by atoms with Crippen LogP contribution in [0.3, 0.4) is 0 Å². The number of likely N-dealkylation sites (tertiary alicyclic amines) is 1. The molecule has 25 heavy (non-hydrogen) atoms. The number of halogens is 1. The predicted molar refractivity (Wildman–Crippen MR) is 91.9 cm³/mol. The normalized spacial score (nSPS) is 18.1. The molecule has 0 N–H and O–H groups in total. The molecule has 0 spiro atoms. The van der Waals surface area contributed by atoms with E-state index >= 15 is 0 Å². The molecule has 0 aliphatic carbocycles. The van der Waals surface area contributed by atoms with Gasteiger partial charge in [0.1, 0.15) is 17.3 Å².